The van der Waals surface area contributed by atoms with E-state index in [0.717, 1.165) is 27.4 Å². The van der Waals surface area contributed by atoms with Crippen LogP contribution in [0.5, 0.6) is 5.75 Å². The van der Waals surface area contributed by atoms with Crippen LogP contribution in [0.3, 0.4) is 0 Å². The number of nitrogens with one attached hydrogen (secondary N) is 1. The van der Waals surface area contributed by atoms with Crippen LogP contribution in [0.4, 0.5) is 11.8 Å². The summed E-state index contributed by atoms with van der Waals surface area (Å²) in [5.74, 6) is 2.54. The summed E-state index contributed by atoms with van der Waals surface area (Å²) in [6.45, 7) is 7.12. The van der Waals surface area contributed by atoms with Crippen LogP contribution in [0, 0.1) is 17.8 Å². The minimum Gasteiger partial charge on any atom is -0.494 e. The van der Waals surface area contributed by atoms with Gasteiger partial charge in [-0.05, 0) is 49.3 Å². The molecule has 3 aromatic rings. The van der Waals surface area contributed by atoms with E-state index in [1.165, 1.54) is 11.3 Å². The average Bonchev–Trinajstić information content (AvgIpc) is 3.23. The molecule has 1 aromatic carbocycles. The van der Waals surface area contributed by atoms with E-state index in [4.69, 9.17) is 27.1 Å². The standard InChI is InChI=1S/C21H26ClN5O2S/c1-4-29-13-5-6-14-16(8-13)30-20(25-14)17-18(22)26-21(23)27-19(17)24-15-7-12(9-28)10(2)11(15)3/h5-6,8,10-12,15,28H,4,7,9H2,1-3H3,(H3,23,24,26,27)/t10-,11+,12+,15+/m0/s1. The number of aliphatic hydroxyl groups excluding tert-OH is 1. The van der Waals surface area contributed by atoms with Crippen LogP contribution < -0.4 is 15.8 Å². The van der Waals surface area contributed by atoms with Crippen molar-refractivity contribution in [2.45, 2.75) is 33.2 Å². The molecule has 2 heterocycles. The molecule has 160 valence electrons. The smallest absolute Gasteiger partial charge is 0.223 e. The number of rotatable bonds is 6. The van der Waals surface area contributed by atoms with Crippen LogP contribution >= 0.6 is 22.9 Å². The van der Waals surface area contributed by atoms with Gasteiger partial charge in [0.25, 0.3) is 0 Å². The Bertz CT molecular complexity index is 1060. The summed E-state index contributed by atoms with van der Waals surface area (Å²) in [7, 11) is 0. The summed E-state index contributed by atoms with van der Waals surface area (Å²) in [4.78, 5) is 13.4. The second-order valence-corrected chi connectivity index (χ2v) is 9.21. The summed E-state index contributed by atoms with van der Waals surface area (Å²) in [6, 6.07) is 5.98. The molecule has 1 fully saturated rings. The summed E-state index contributed by atoms with van der Waals surface area (Å²) >= 11 is 8.03. The Morgan fingerprint density at radius 2 is 2.07 bits per heavy atom. The van der Waals surface area contributed by atoms with E-state index in [1.807, 2.05) is 25.1 Å². The fraction of sp³-hybridized carbons (Fsp3) is 0.476. The van der Waals surface area contributed by atoms with E-state index in [1.54, 1.807) is 0 Å². The van der Waals surface area contributed by atoms with Gasteiger partial charge in [0, 0.05) is 12.6 Å². The molecule has 1 aliphatic carbocycles. The number of nitrogens with zero attached hydrogens (tertiary/aromatic N) is 3. The maximum Gasteiger partial charge on any atom is 0.223 e. The number of thiazole rings is 1. The Labute approximate surface area is 184 Å². The molecule has 30 heavy (non-hydrogen) atoms. The molecule has 4 rings (SSSR count). The number of fused-ring (bicyclic) bond motifs is 1. The number of halogens is 1. The van der Waals surface area contributed by atoms with Crippen LogP contribution in [0.25, 0.3) is 20.8 Å². The topological polar surface area (TPSA) is 106 Å². The second-order valence-electron chi connectivity index (χ2n) is 7.83. The van der Waals surface area contributed by atoms with E-state index in [-0.39, 0.29) is 29.7 Å². The minimum atomic E-state index is 0.114. The van der Waals surface area contributed by atoms with Crippen LogP contribution in [0.15, 0.2) is 18.2 Å². The first-order valence-electron chi connectivity index (χ1n) is 10.1. The van der Waals surface area contributed by atoms with E-state index >= 15 is 0 Å². The number of benzene rings is 1. The van der Waals surface area contributed by atoms with Crippen LogP contribution in [0.1, 0.15) is 27.2 Å². The highest BCUT2D eigenvalue weighted by atomic mass is 35.5. The molecule has 0 amide bonds. The molecule has 2 aromatic heterocycles. The Hall–Kier alpha value is -2.16. The Morgan fingerprint density at radius 3 is 2.77 bits per heavy atom. The fourth-order valence-electron chi connectivity index (χ4n) is 4.17. The SMILES string of the molecule is CCOc1ccc2nc(-c3c(Cl)nc(N)nc3N[C@@H]3C[C@H](CO)[C@@H](C)[C@H]3C)sc2c1. The zero-order valence-corrected chi connectivity index (χ0v) is 18.8. The summed E-state index contributed by atoms with van der Waals surface area (Å²) < 4.78 is 6.60. The third-order valence-electron chi connectivity index (χ3n) is 6.09. The van der Waals surface area contributed by atoms with E-state index in [0.29, 0.717) is 29.8 Å². The third kappa shape index (κ3) is 3.91. The molecule has 0 saturated heterocycles. The fourth-order valence-corrected chi connectivity index (χ4v) is 5.53. The van der Waals surface area contributed by atoms with Crippen molar-refractivity contribution in [2.75, 3.05) is 24.3 Å². The highest BCUT2D eigenvalue weighted by molar-refractivity contribution is 7.21. The Kier molecular flexibility index (Phi) is 5.99. The number of ether oxygens (including phenoxy) is 1. The normalized spacial score (nSPS) is 23.8. The molecular weight excluding hydrogens is 422 g/mol. The van der Waals surface area contributed by atoms with Crippen molar-refractivity contribution in [3.63, 3.8) is 0 Å². The first kappa shape index (κ1) is 21.1. The van der Waals surface area contributed by atoms with Gasteiger partial charge in [-0.25, -0.2) is 9.97 Å². The lowest BCUT2D eigenvalue weighted by atomic mass is 9.92. The Balaban J connectivity index is 1.73. The molecule has 1 saturated carbocycles. The van der Waals surface area contributed by atoms with Crippen molar-refractivity contribution < 1.29 is 9.84 Å². The van der Waals surface area contributed by atoms with Gasteiger partial charge in [-0.1, -0.05) is 25.4 Å². The molecule has 4 N–H and O–H groups in total. The first-order chi connectivity index (χ1) is 14.4. The van der Waals surface area contributed by atoms with Gasteiger partial charge >= 0.3 is 0 Å². The van der Waals surface area contributed by atoms with Crippen molar-refractivity contribution in [1.82, 2.24) is 15.0 Å². The molecule has 1 aliphatic rings. The maximum atomic E-state index is 9.69. The van der Waals surface area contributed by atoms with Crippen molar-refractivity contribution in [3.05, 3.63) is 23.4 Å². The van der Waals surface area contributed by atoms with Gasteiger partial charge in [0.15, 0.2) is 0 Å². The molecular formula is C21H26ClN5O2S. The van der Waals surface area contributed by atoms with E-state index in [2.05, 4.69) is 29.1 Å². The largest absolute Gasteiger partial charge is 0.494 e. The van der Waals surface area contributed by atoms with E-state index in [9.17, 15) is 5.11 Å². The number of hydrogen-bond acceptors (Lipinski definition) is 8. The first-order valence-corrected chi connectivity index (χ1v) is 11.3. The Morgan fingerprint density at radius 1 is 1.27 bits per heavy atom. The van der Waals surface area contributed by atoms with Crippen molar-refractivity contribution >= 4 is 44.9 Å². The van der Waals surface area contributed by atoms with Gasteiger partial charge in [-0.2, -0.15) is 4.98 Å². The van der Waals surface area contributed by atoms with Gasteiger partial charge in [0.05, 0.1) is 22.4 Å². The zero-order valence-electron chi connectivity index (χ0n) is 17.2. The van der Waals surface area contributed by atoms with Crippen LogP contribution in [-0.4, -0.2) is 39.3 Å². The molecule has 0 spiro atoms. The van der Waals surface area contributed by atoms with Crippen LogP contribution in [0.2, 0.25) is 5.15 Å². The summed E-state index contributed by atoms with van der Waals surface area (Å²) in [6.07, 6.45) is 0.858. The lowest BCUT2D eigenvalue weighted by molar-refractivity contribution is 0.191. The molecule has 0 radical (unpaired) electrons. The number of nitrogen functional groups attached to an aromatic ring is 1. The van der Waals surface area contributed by atoms with Crippen LogP contribution in [-0.2, 0) is 0 Å². The van der Waals surface area contributed by atoms with E-state index < -0.39 is 0 Å². The predicted molar refractivity (Wildman–Crippen MR) is 122 cm³/mol. The number of aromatic nitrogens is 3. The van der Waals surface area contributed by atoms with Gasteiger partial charge in [-0.3, -0.25) is 0 Å². The van der Waals surface area contributed by atoms with Crippen molar-refractivity contribution in [3.8, 4) is 16.3 Å². The number of nitrogens with two attached hydrogens (primary N) is 1. The molecule has 7 nitrogen and oxygen atoms in total. The van der Waals surface area contributed by atoms with Crippen molar-refractivity contribution in [2.24, 2.45) is 17.8 Å². The number of aliphatic hydroxyl groups is 1. The quantitative estimate of drug-likeness (QED) is 0.479. The minimum absolute atomic E-state index is 0.114. The van der Waals surface area contributed by atoms with Gasteiger partial charge < -0.3 is 20.9 Å². The second kappa shape index (κ2) is 8.53. The van der Waals surface area contributed by atoms with Gasteiger partial charge in [0.1, 0.15) is 21.7 Å². The summed E-state index contributed by atoms with van der Waals surface area (Å²) in [5, 5.41) is 14.2. The predicted octanol–water partition coefficient (Wildman–Crippen LogP) is 4.45. The average molecular weight is 448 g/mol. The summed E-state index contributed by atoms with van der Waals surface area (Å²) in [5.41, 5.74) is 7.42. The highest BCUT2D eigenvalue weighted by Gasteiger charge is 2.38. The molecule has 0 aliphatic heterocycles. The molecule has 0 unspecified atom stereocenters. The third-order valence-corrected chi connectivity index (χ3v) is 7.40. The van der Waals surface area contributed by atoms with Gasteiger partial charge in [-0.15, -0.1) is 11.3 Å². The lowest BCUT2D eigenvalue weighted by Crippen LogP contribution is -2.25. The number of hydrogen-bond donors (Lipinski definition) is 3. The molecule has 4 atom stereocenters. The maximum absolute atomic E-state index is 9.69. The zero-order chi connectivity index (χ0) is 21.4. The van der Waals surface area contributed by atoms with Gasteiger partial charge in [0.2, 0.25) is 5.95 Å². The monoisotopic (exact) mass is 447 g/mol. The lowest BCUT2D eigenvalue weighted by Gasteiger charge is -2.21. The highest BCUT2D eigenvalue weighted by Crippen LogP contribution is 2.42. The number of anilines is 2. The molecule has 9 heteroatoms. The van der Waals surface area contributed by atoms with Crippen molar-refractivity contribution in [1.29, 1.82) is 0 Å². The molecule has 0 bridgehead atoms.